The van der Waals surface area contributed by atoms with Crippen molar-refractivity contribution in [2.24, 2.45) is 10.8 Å². The molecule has 0 bridgehead atoms. The van der Waals surface area contributed by atoms with E-state index in [-0.39, 0.29) is 11.6 Å². The molecule has 21 heavy (non-hydrogen) atoms. The molecule has 0 unspecified atom stereocenters. The molecule has 10 nitrogen and oxygen atoms in total. The summed E-state index contributed by atoms with van der Waals surface area (Å²) in [5, 5.41) is 23.5. The van der Waals surface area contributed by atoms with Crippen LogP contribution in [0.4, 0.5) is 5.69 Å². The highest BCUT2D eigenvalue weighted by Gasteiger charge is 2.18. The number of nitro groups is 1. The van der Waals surface area contributed by atoms with Crippen molar-refractivity contribution in [1.82, 2.24) is 9.99 Å². The Morgan fingerprint density at radius 1 is 1.48 bits per heavy atom. The SMILES string of the molecule is CC(=O)n1c(O)c(NN=C(N)N[N+](=O)[O-])c2ccccc21. The zero-order valence-electron chi connectivity index (χ0n) is 10.9. The number of benzene rings is 1. The average Bonchev–Trinajstić information content (AvgIpc) is 2.67. The van der Waals surface area contributed by atoms with Gasteiger partial charge in [-0.1, -0.05) is 23.6 Å². The Morgan fingerprint density at radius 3 is 2.76 bits per heavy atom. The normalized spacial score (nSPS) is 11.4. The molecule has 0 aliphatic heterocycles. The minimum atomic E-state index is -0.876. The van der Waals surface area contributed by atoms with Crippen molar-refractivity contribution in [3.05, 3.63) is 34.4 Å². The fourth-order valence-electron chi connectivity index (χ4n) is 1.89. The van der Waals surface area contributed by atoms with Crippen molar-refractivity contribution in [3.63, 3.8) is 0 Å². The van der Waals surface area contributed by atoms with E-state index in [0.717, 1.165) is 4.57 Å². The molecule has 10 heteroatoms. The number of hydrazone groups is 1. The number of aromatic nitrogens is 1. The van der Waals surface area contributed by atoms with Crippen molar-refractivity contribution in [1.29, 1.82) is 0 Å². The maximum Gasteiger partial charge on any atom is 0.273 e. The molecule has 0 spiro atoms. The lowest BCUT2D eigenvalue weighted by Crippen LogP contribution is -2.36. The Labute approximate surface area is 118 Å². The molecule has 0 saturated heterocycles. The Kier molecular flexibility index (Phi) is 3.61. The van der Waals surface area contributed by atoms with Gasteiger partial charge < -0.3 is 10.8 Å². The first-order valence-electron chi connectivity index (χ1n) is 5.75. The number of para-hydroxylation sites is 1. The van der Waals surface area contributed by atoms with E-state index in [4.69, 9.17) is 5.73 Å². The molecule has 1 heterocycles. The number of hydrogen-bond acceptors (Lipinski definition) is 6. The van der Waals surface area contributed by atoms with Crippen LogP contribution in [0.2, 0.25) is 0 Å². The molecule has 0 aliphatic rings. The molecule has 2 aromatic rings. The quantitative estimate of drug-likeness (QED) is 0.277. The number of guanidine groups is 1. The van der Waals surface area contributed by atoms with E-state index in [1.54, 1.807) is 29.7 Å². The zero-order chi connectivity index (χ0) is 15.6. The van der Waals surface area contributed by atoms with Crippen LogP contribution >= 0.6 is 0 Å². The Bertz CT molecular complexity index is 750. The van der Waals surface area contributed by atoms with Crippen LogP contribution in [-0.2, 0) is 0 Å². The Hall–Kier alpha value is -3.30. The second-order valence-corrected chi connectivity index (χ2v) is 4.05. The van der Waals surface area contributed by atoms with Crippen LogP contribution in [0.5, 0.6) is 5.88 Å². The summed E-state index contributed by atoms with van der Waals surface area (Å²) in [7, 11) is 0. The monoisotopic (exact) mass is 292 g/mol. The molecule has 5 N–H and O–H groups in total. The van der Waals surface area contributed by atoms with Gasteiger partial charge >= 0.3 is 0 Å². The minimum Gasteiger partial charge on any atom is -0.493 e. The van der Waals surface area contributed by atoms with Crippen molar-refractivity contribution in [3.8, 4) is 5.88 Å². The van der Waals surface area contributed by atoms with Crippen molar-refractivity contribution in [2.75, 3.05) is 5.43 Å². The van der Waals surface area contributed by atoms with Gasteiger partial charge in [-0.2, -0.15) is 0 Å². The third-order valence-electron chi connectivity index (χ3n) is 2.66. The van der Waals surface area contributed by atoms with Crippen LogP contribution in [-0.4, -0.2) is 26.6 Å². The molecule has 0 fully saturated rings. The van der Waals surface area contributed by atoms with Gasteiger partial charge in [0.15, 0.2) is 5.03 Å². The van der Waals surface area contributed by atoms with E-state index in [1.807, 2.05) is 0 Å². The lowest BCUT2D eigenvalue weighted by molar-refractivity contribution is -0.525. The van der Waals surface area contributed by atoms with Crippen LogP contribution in [0.15, 0.2) is 29.4 Å². The van der Waals surface area contributed by atoms with Gasteiger partial charge in [0.2, 0.25) is 11.8 Å². The molecule has 0 radical (unpaired) electrons. The van der Waals surface area contributed by atoms with Crippen molar-refractivity contribution >= 4 is 28.5 Å². The predicted molar refractivity (Wildman–Crippen MR) is 75.3 cm³/mol. The second kappa shape index (κ2) is 5.36. The van der Waals surface area contributed by atoms with Gasteiger partial charge in [0.05, 0.1) is 5.52 Å². The topological polar surface area (TPSA) is 148 Å². The van der Waals surface area contributed by atoms with Crippen LogP contribution in [0, 0.1) is 10.1 Å². The van der Waals surface area contributed by atoms with Gasteiger partial charge in [0.25, 0.3) is 5.96 Å². The van der Waals surface area contributed by atoms with Crippen LogP contribution in [0.1, 0.15) is 11.7 Å². The highest BCUT2D eigenvalue weighted by atomic mass is 16.7. The molecule has 0 amide bonds. The van der Waals surface area contributed by atoms with E-state index < -0.39 is 16.9 Å². The van der Waals surface area contributed by atoms with Crippen molar-refractivity contribution < 1.29 is 14.9 Å². The zero-order valence-corrected chi connectivity index (χ0v) is 10.9. The molecule has 2 rings (SSSR count). The molecule has 1 aromatic carbocycles. The van der Waals surface area contributed by atoms with Crippen LogP contribution in [0.25, 0.3) is 10.9 Å². The summed E-state index contributed by atoms with van der Waals surface area (Å²) in [4.78, 5) is 21.8. The maximum atomic E-state index is 11.6. The van der Waals surface area contributed by atoms with Gasteiger partial charge in [-0.05, 0) is 6.07 Å². The first-order valence-corrected chi connectivity index (χ1v) is 5.75. The number of nitrogens with one attached hydrogen (secondary N) is 2. The van der Waals surface area contributed by atoms with Crippen LogP contribution in [0.3, 0.4) is 0 Å². The molecule has 0 aliphatic carbocycles. The number of fused-ring (bicyclic) bond motifs is 1. The molecule has 1 aromatic heterocycles. The van der Waals surface area contributed by atoms with Gasteiger partial charge in [-0.25, -0.2) is 14.7 Å². The summed E-state index contributed by atoms with van der Waals surface area (Å²) in [6.07, 6.45) is 0. The van der Waals surface area contributed by atoms with E-state index in [0.29, 0.717) is 10.9 Å². The largest absolute Gasteiger partial charge is 0.493 e. The number of nitrogens with zero attached hydrogens (tertiary/aromatic N) is 3. The standard InChI is InChI=1S/C11H12N6O4/c1-6(18)16-8-5-3-2-4-7(8)9(10(16)19)13-14-11(12)15-17(20)21/h2-5,13,19H,1H3,(H3,12,14,15). The predicted octanol–water partition coefficient (Wildman–Crippen LogP) is 0.430. The van der Waals surface area contributed by atoms with Gasteiger partial charge in [-0.15, -0.1) is 5.10 Å². The maximum absolute atomic E-state index is 11.6. The van der Waals surface area contributed by atoms with E-state index in [2.05, 4.69) is 10.5 Å². The van der Waals surface area contributed by atoms with Gasteiger partial charge in [0.1, 0.15) is 5.69 Å². The molecule has 110 valence electrons. The summed E-state index contributed by atoms with van der Waals surface area (Å²) < 4.78 is 1.09. The first-order chi connectivity index (χ1) is 9.91. The number of carbonyl (C=O) groups excluding carboxylic acids is 1. The van der Waals surface area contributed by atoms with Crippen molar-refractivity contribution in [2.45, 2.75) is 6.92 Å². The smallest absolute Gasteiger partial charge is 0.273 e. The molecular formula is C11H12N6O4. The third kappa shape index (κ3) is 2.68. The summed E-state index contributed by atoms with van der Waals surface area (Å²) in [5.74, 6) is -1.25. The average molecular weight is 292 g/mol. The summed E-state index contributed by atoms with van der Waals surface area (Å²) in [6.45, 7) is 1.29. The number of anilines is 1. The summed E-state index contributed by atoms with van der Waals surface area (Å²) in [5.41, 5.74) is 9.91. The van der Waals surface area contributed by atoms with Gasteiger partial charge in [0, 0.05) is 12.3 Å². The number of carbonyl (C=O) groups is 1. The lowest BCUT2D eigenvalue weighted by Gasteiger charge is -2.02. The van der Waals surface area contributed by atoms with E-state index in [9.17, 15) is 20.0 Å². The Morgan fingerprint density at radius 2 is 2.14 bits per heavy atom. The van der Waals surface area contributed by atoms with E-state index >= 15 is 0 Å². The molecular weight excluding hydrogens is 280 g/mol. The second-order valence-electron chi connectivity index (χ2n) is 4.05. The van der Waals surface area contributed by atoms with Gasteiger partial charge in [-0.3, -0.25) is 10.2 Å². The highest BCUT2D eigenvalue weighted by molar-refractivity contribution is 6.03. The number of hydrazine groups is 1. The minimum absolute atomic E-state index is 0.119. The van der Waals surface area contributed by atoms with Crippen LogP contribution < -0.4 is 16.6 Å². The number of nitrogens with two attached hydrogens (primary N) is 1. The third-order valence-corrected chi connectivity index (χ3v) is 2.66. The number of aromatic hydroxyl groups is 1. The Balaban J connectivity index is 2.47. The number of hydrogen-bond donors (Lipinski definition) is 4. The summed E-state index contributed by atoms with van der Waals surface area (Å²) in [6, 6.07) is 6.71. The molecule has 0 atom stereocenters. The first kappa shape index (κ1) is 14.1. The summed E-state index contributed by atoms with van der Waals surface area (Å²) >= 11 is 0. The fourth-order valence-corrected chi connectivity index (χ4v) is 1.89. The highest BCUT2D eigenvalue weighted by Crippen LogP contribution is 2.35. The molecule has 0 saturated carbocycles. The van der Waals surface area contributed by atoms with E-state index in [1.165, 1.54) is 6.92 Å². The number of rotatable bonds is 3. The lowest BCUT2D eigenvalue weighted by atomic mass is 10.2. The fraction of sp³-hybridized carbons (Fsp3) is 0.0909.